The number of aromatic nitrogens is 1. The van der Waals surface area contributed by atoms with Gasteiger partial charge in [-0.3, -0.25) is 0 Å². The van der Waals surface area contributed by atoms with Gasteiger partial charge in [-0.05, 0) is 73.4 Å². The van der Waals surface area contributed by atoms with Crippen molar-refractivity contribution < 1.29 is 0 Å². The Hall–Kier alpha value is -4.56. The van der Waals surface area contributed by atoms with Crippen LogP contribution < -0.4 is 4.90 Å². The van der Waals surface area contributed by atoms with E-state index >= 15 is 0 Å². The third-order valence-corrected chi connectivity index (χ3v) is 8.11. The standard InChI is InChI=1S/C37H32N2/c1-27-13-5-2-6-14-30-25-28(21-23-35(30)38(27)31-15-7-3-8-16-31)29-22-24-37-34(26-29)33-19-11-12-20-36(33)39(37)32-17-9-4-10-18-32/h2-13,15-20,22-28H,14,21H2,1H3/b6-2-,13-5-. The zero-order valence-corrected chi connectivity index (χ0v) is 22.2. The fourth-order valence-corrected chi connectivity index (χ4v) is 6.27. The third-order valence-electron chi connectivity index (χ3n) is 8.11. The second-order valence-electron chi connectivity index (χ2n) is 10.6. The molecule has 39 heavy (non-hydrogen) atoms. The molecule has 7 rings (SSSR count). The maximum atomic E-state index is 2.52. The summed E-state index contributed by atoms with van der Waals surface area (Å²) in [5, 5.41) is 2.62. The summed E-state index contributed by atoms with van der Waals surface area (Å²) in [7, 11) is 0. The summed E-state index contributed by atoms with van der Waals surface area (Å²) < 4.78 is 2.39. The van der Waals surface area contributed by atoms with Crippen molar-refractivity contribution >= 4 is 27.5 Å². The quantitative estimate of drug-likeness (QED) is 0.237. The summed E-state index contributed by atoms with van der Waals surface area (Å²) in [6, 6.07) is 37.6. The Balaban J connectivity index is 1.32. The molecule has 2 nitrogen and oxygen atoms in total. The lowest BCUT2D eigenvalue weighted by molar-refractivity contribution is 0.770. The first-order valence-electron chi connectivity index (χ1n) is 14.0. The first-order valence-corrected chi connectivity index (χ1v) is 14.0. The molecule has 2 atom stereocenters. The van der Waals surface area contributed by atoms with Crippen molar-refractivity contribution in [3.05, 3.63) is 156 Å². The van der Waals surface area contributed by atoms with Crippen molar-refractivity contribution in [2.75, 3.05) is 4.90 Å². The number of anilines is 1. The fourth-order valence-electron chi connectivity index (χ4n) is 6.27. The second kappa shape index (κ2) is 9.96. The number of para-hydroxylation sites is 3. The molecule has 0 fully saturated rings. The van der Waals surface area contributed by atoms with Crippen molar-refractivity contribution in [1.82, 2.24) is 4.57 Å². The maximum absolute atomic E-state index is 2.52. The summed E-state index contributed by atoms with van der Waals surface area (Å²) in [6.45, 7) is 2.28. The summed E-state index contributed by atoms with van der Waals surface area (Å²) in [4.78, 5) is 2.49. The average molecular weight is 505 g/mol. The molecular formula is C37H32N2. The van der Waals surface area contributed by atoms with Crippen LogP contribution in [0.2, 0.25) is 0 Å². The Bertz CT molecular complexity index is 1770. The average Bonchev–Trinajstić information content (AvgIpc) is 3.35. The van der Waals surface area contributed by atoms with E-state index in [1.54, 1.807) is 0 Å². The van der Waals surface area contributed by atoms with E-state index in [1.165, 1.54) is 50.0 Å². The lowest BCUT2D eigenvalue weighted by atomic mass is 9.85. The molecule has 0 spiro atoms. The second-order valence-corrected chi connectivity index (χ2v) is 10.6. The van der Waals surface area contributed by atoms with Crippen LogP contribution in [0.25, 0.3) is 27.5 Å². The van der Waals surface area contributed by atoms with Crippen molar-refractivity contribution in [3.63, 3.8) is 0 Å². The SMILES string of the molecule is CC1/C=C\C=C/CC2=CC(c3ccc4c(c3)c3ccccc3n4-c3ccccc3)CC=C2N1c1ccccc1. The smallest absolute Gasteiger partial charge is 0.0541 e. The minimum absolute atomic E-state index is 0.266. The molecule has 0 bridgehead atoms. The first kappa shape index (κ1) is 23.5. The Morgan fingerprint density at radius 3 is 2.23 bits per heavy atom. The Kier molecular flexibility index (Phi) is 6.01. The molecular weight excluding hydrogens is 472 g/mol. The van der Waals surface area contributed by atoms with Crippen LogP contribution in [0.5, 0.6) is 0 Å². The van der Waals surface area contributed by atoms with Gasteiger partial charge in [0, 0.05) is 39.8 Å². The molecule has 0 radical (unpaired) electrons. The maximum Gasteiger partial charge on any atom is 0.0541 e. The van der Waals surface area contributed by atoms with Crippen molar-refractivity contribution in [2.24, 2.45) is 0 Å². The zero-order valence-electron chi connectivity index (χ0n) is 22.2. The van der Waals surface area contributed by atoms with E-state index in [4.69, 9.17) is 0 Å². The lowest BCUT2D eigenvalue weighted by Crippen LogP contribution is -2.32. The van der Waals surface area contributed by atoms with Crippen molar-refractivity contribution in [1.29, 1.82) is 0 Å². The highest BCUT2D eigenvalue weighted by Crippen LogP contribution is 2.40. The third kappa shape index (κ3) is 4.23. The normalized spacial score (nSPS) is 20.9. The molecule has 1 aliphatic carbocycles. The molecule has 2 unspecified atom stereocenters. The van der Waals surface area contributed by atoms with E-state index in [9.17, 15) is 0 Å². The molecule has 2 heterocycles. The molecule has 0 N–H and O–H groups in total. The summed E-state index contributed by atoms with van der Waals surface area (Å²) in [5.74, 6) is 0.349. The van der Waals surface area contributed by atoms with Gasteiger partial charge in [-0.1, -0.05) is 97.1 Å². The number of benzene rings is 4. The Morgan fingerprint density at radius 1 is 0.692 bits per heavy atom. The molecule has 1 aromatic heterocycles. The van der Waals surface area contributed by atoms with Crippen LogP contribution in [0.4, 0.5) is 5.69 Å². The predicted molar refractivity (Wildman–Crippen MR) is 166 cm³/mol. The van der Waals surface area contributed by atoms with Gasteiger partial charge < -0.3 is 9.47 Å². The van der Waals surface area contributed by atoms with Crippen LogP contribution in [0.3, 0.4) is 0 Å². The number of hydrogen-bond donors (Lipinski definition) is 0. The first-order chi connectivity index (χ1) is 19.3. The van der Waals surface area contributed by atoms with Gasteiger partial charge >= 0.3 is 0 Å². The molecule has 1 aliphatic heterocycles. The van der Waals surface area contributed by atoms with Crippen molar-refractivity contribution in [3.8, 4) is 5.69 Å². The molecule has 190 valence electrons. The van der Waals surface area contributed by atoms with Crippen LogP contribution in [0, 0.1) is 0 Å². The van der Waals surface area contributed by atoms with Gasteiger partial charge in [-0.25, -0.2) is 0 Å². The van der Waals surface area contributed by atoms with E-state index in [0.717, 1.165) is 12.8 Å². The van der Waals surface area contributed by atoms with Gasteiger partial charge in [-0.2, -0.15) is 0 Å². The van der Waals surface area contributed by atoms with E-state index in [0.29, 0.717) is 5.92 Å². The summed E-state index contributed by atoms with van der Waals surface area (Å²) in [5.41, 5.74) is 9.05. The highest BCUT2D eigenvalue weighted by Gasteiger charge is 2.25. The van der Waals surface area contributed by atoms with E-state index in [-0.39, 0.29) is 6.04 Å². The Labute approximate surface area is 230 Å². The van der Waals surface area contributed by atoms with E-state index in [1.807, 2.05) is 0 Å². The monoisotopic (exact) mass is 504 g/mol. The molecule has 5 aromatic rings. The van der Waals surface area contributed by atoms with E-state index in [2.05, 4.69) is 156 Å². The predicted octanol–water partition coefficient (Wildman–Crippen LogP) is 9.49. The zero-order chi connectivity index (χ0) is 26.2. The topological polar surface area (TPSA) is 8.17 Å². The van der Waals surface area contributed by atoms with Crippen molar-refractivity contribution in [2.45, 2.75) is 31.7 Å². The van der Waals surface area contributed by atoms with Gasteiger partial charge in [0.25, 0.3) is 0 Å². The van der Waals surface area contributed by atoms with Gasteiger partial charge in [0.1, 0.15) is 0 Å². The van der Waals surface area contributed by atoms with Crippen LogP contribution in [-0.2, 0) is 0 Å². The molecule has 0 saturated carbocycles. The number of allylic oxidation sites excluding steroid dienone is 6. The van der Waals surface area contributed by atoms with Gasteiger partial charge in [0.2, 0.25) is 0 Å². The number of rotatable bonds is 3. The molecule has 2 heteroatoms. The minimum Gasteiger partial charge on any atom is -0.335 e. The van der Waals surface area contributed by atoms with Crippen LogP contribution >= 0.6 is 0 Å². The largest absolute Gasteiger partial charge is 0.335 e. The molecule has 0 amide bonds. The Morgan fingerprint density at radius 2 is 1.41 bits per heavy atom. The molecule has 4 aromatic carbocycles. The fraction of sp³-hybridized carbons (Fsp3) is 0.135. The number of fused-ring (bicyclic) bond motifs is 4. The van der Waals surface area contributed by atoms with Crippen LogP contribution in [-0.4, -0.2) is 10.6 Å². The van der Waals surface area contributed by atoms with Gasteiger partial charge in [0.05, 0.1) is 11.0 Å². The summed E-state index contributed by atoms with van der Waals surface area (Å²) >= 11 is 0. The van der Waals surface area contributed by atoms with Crippen LogP contribution in [0.15, 0.2) is 151 Å². The molecule has 0 saturated heterocycles. The molecule has 2 aliphatic rings. The highest BCUT2D eigenvalue weighted by atomic mass is 15.2. The van der Waals surface area contributed by atoms with Gasteiger partial charge in [0.15, 0.2) is 0 Å². The highest BCUT2D eigenvalue weighted by molar-refractivity contribution is 6.09. The lowest BCUT2D eigenvalue weighted by Gasteiger charge is -2.35. The number of hydrogen-bond acceptors (Lipinski definition) is 1. The number of nitrogens with zero attached hydrogens (tertiary/aromatic N) is 2. The van der Waals surface area contributed by atoms with Crippen LogP contribution in [0.1, 0.15) is 31.2 Å². The van der Waals surface area contributed by atoms with Gasteiger partial charge in [-0.15, -0.1) is 0 Å². The summed E-state index contributed by atoms with van der Waals surface area (Å²) in [6.07, 6.45) is 15.9. The minimum atomic E-state index is 0.266. The van der Waals surface area contributed by atoms with E-state index < -0.39 is 0 Å².